The molecule has 1 aromatic rings. The molecule has 1 rings (SSSR count). The van der Waals surface area contributed by atoms with Gasteiger partial charge in [-0.2, -0.15) is 0 Å². The SMILES string of the molecule is CCOCCCCNC(=NC)NCCCc1ccc(OC)c(OC)c1. The molecule has 0 saturated heterocycles. The van der Waals surface area contributed by atoms with Crippen molar-refractivity contribution in [1.29, 1.82) is 0 Å². The highest BCUT2D eigenvalue weighted by Gasteiger charge is 2.04. The Hall–Kier alpha value is -1.95. The van der Waals surface area contributed by atoms with E-state index in [4.69, 9.17) is 14.2 Å². The Bertz CT molecular complexity index is 507. The molecule has 0 radical (unpaired) electrons. The molecule has 0 amide bonds. The van der Waals surface area contributed by atoms with Crippen LogP contribution in [-0.4, -0.2) is 53.5 Å². The second kappa shape index (κ2) is 13.4. The lowest BCUT2D eigenvalue weighted by Gasteiger charge is -2.12. The third-order valence-corrected chi connectivity index (χ3v) is 3.82. The van der Waals surface area contributed by atoms with Gasteiger partial charge in [-0.05, 0) is 50.3 Å². The van der Waals surface area contributed by atoms with Gasteiger partial charge in [-0.1, -0.05) is 6.07 Å². The smallest absolute Gasteiger partial charge is 0.190 e. The van der Waals surface area contributed by atoms with Crippen LogP contribution in [0, 0.1) is 0 Å². The van der Waals surface area contributed by atoms with E-state index in [1.54, 1.807) is 21.3 Å². The summed E-state index contributed by atoms with van der Waals surface area (Å²) in [5, 5.41) is 6.67. The van der Waals surface area contributed by atoms with Crippen LogP contribution < -0.4 is 20.1 Å². The minimum absolute atomic E-state index is 0.762. The molecule has 0 bridgehead atoms. The number of unbranched alkanes of at least 4 members (excludes halogenated alkanes) is 1. The molecule has 6 nitrogen and oxygen atoms in total. The highest BCUT2D eigenvalue weighted by molar-refractivity contribution is 5.79. The average molecular weight is 351 g/mol. The van der Waals surface area contributed by atoms with Gasteiger partial charge in [0.15, 0.2) is 17.5 Å². The molecule has 2 N–H and O–H groups in total. The predicted octanol–water partition coefficient (Wildman–Crippen LogP) is 2.62. The molecule has 6 heteroatoms. The van der Waals surface area contributed by atoms with E-state index < -0.39 is 0 Å². The summed E-state index contributed by atoms with van der Waals surface area (Å²) < 4.78 is 15.9. The Balaban J connectivity index is 2.22. The van der Waals surface area contributed by atoms with Crippen molar-refractivity contribution in [3.63, 3.8) is 0 Å². The van der Waals surface area contributed by atoms with Crippen LogP contribution in [0.15, 0.2) is 23.2 Å². The molecule has 0 aromatic heterocycles. The lowest BCUT2D eigenvalue weighted by Crippen LogP contribution is -2.38. The molecule has 0 saturated carbocycles. The molecule has 0 unspecified atom stereocenters. The third-order valence-electron chi connectivity index (χ3n) is 3.82. The van der Waals surface area contributed by atoms with Gasteiger partial charge in [0, 0.05) is 33.4 Å². The van der Waals surface area contributed by atoms with E-state index >= 15 is 0 Å². The summed E-state index contributed by atoms with van der Waals surface area (Å²) in [5.41, 5.74) is 1.23. The quantitative estimate of drug-likeness (QED) is 0.344. The molecule has 1 aromatic carbocycles. The first-order valence-electron chi connectivity index (χ1n) is 8.98. The van der Waals surface area contributed by atoms with Crippen molar-refractivity contribution < 1.29 is 14.2 Å². The summed E-state index contributed by atoms with van der Waals surface area (Å²) in [6.45, 7) is 5.41. The van der Waals surface area contributed by atoms with E-state index in [0.717, 1.165) is 69.4 Å². The Morgan fingerprint density at radius 3 is 2.36 bits per heavy atom. The zero-order chi connectivity index (χ0) is 18.3. The van der Waals surface area contributed by atoms with Crippen LogP contribution in [0.2, 0.25) is 0 Å². The van der Waals surface area contributed by atoms with Gasteiger partial charge in [-0.15, -0.1) is 0 Å². The minimum atomic E-state index is 0.762. The molecule has 0 aliphatic carbocycles. The number of aryl methyl sites for hydroxylation is 1. The third kappa shape index (κ3) is 8.63. The number of benzene rings is 1. The van der Waals surface area contributed by atoms with Crippen LogP contribution in [0.25, 0.3) is 0 Å². The van der Waals surface area contributed by atoms with E-state index in [-0.39, 0.29) is 0 Å². The fraction of sp³-hybridized carbons (Fsp3) is 0.632. The number of aliphatic imine (C=N–C) groups is 1. The highest BCUT2D eigenvalue weighted by atomic mass is 16.5. The highest BCUT2D eigenvalue weighted by Crippen LogP contribution is 2.27. The summed E-state index contributed by atoms with van der Waals surface area (Å²) in [7, 11) is 5.11. The minimum Gasteiger partial charge on any atom is -0.493 e. The maximum atomic E-state index is 5.34. The van der Waals surface area contributed by atoms with Gasteiger partial charge >= 0.3 is 0 Å². The molecule has 0 fully saturated rings. The zero-order valence-corrected chi connectivity index (χ0v) is 16.1. The van der Waals surface area contributed by atoms with Crippen molar-refractivity contribution >= 4 is 5.96 Å². The monoisotopic (exact) mass is 351 g/mol. The van der Waals surface area contributed by atoms with Gasteiger partial charge in [0.1, 0.15) is 0 Å². The Morgan fingerprint density at radius 2 is 1.72 bits per heavy atom. The Morgan fingerprint density at radius 1 is 1.00 bits per heavy atom. The van der Waals surface area contributed by atoms with Gasteiger partial charge in [0.05, 0.1) is 14.2 Å². The van der Waals surface area contributed by atoms with Crippen molar-refractivity contribution in [3.8, 4) is 11.5 Å². The largest absolute Gasteiger partial charge is 0.493 e. The van der Waals surface area contributed by atoms with Crippen LogP contribution in [0.5, 0.6) is 11.5 Å². The number of guanidine groups is 1. The van der Waals surface area contributed by atoms with Gasteiger partial charge in [-0.3, -0.25) is 4.99 Å². The maximum absolute atomic E-state index is 5.34. The summed E-state index contributed by atoms with van der Waals surface area (Å²) in [6, 6.07) is 6.06. The summed E-state index contributed by atoms with van der Waals surface area (Å²) in [6.07, 6.45) is 4.13. The molecule has 0 aliphatic heterocycles. The van der Waals surface area contributed by atoms with E-state index in [9.17, 15) is 0 Å². The molecule has 0 aliphatic rings. The molecular weight excluding hydrogens is 318 g/mol. The van der Waals surface area contributed by atoms with E-state index in [1.807, 2.05) is 19.1 Å². The van der Waals surface area contributed by atoms with Crippen molar-refractivity contribution in [2.75, 3.05) is 47.6 Å². The fourth-order valence-corrected chi connectivity index (χ4v) is 2.44. The number of hydrogen-bond donors (Lipinski definition) is 2. The summed E-state index contributed by atoms with van der Waals surface area (Å²) in [5.74, 6) is 2.39. The van der Waals surface area contributed by atoms with Gasteiger partial charge < -0.3 is 24.8 Å². The summed E-state index contributed by atoms with van der Waals surface area (Å²) >= 11 is 0. The molecule has 0 heterocycles. The van der Waals surface area contributed by atoms with E-state index in [2.05, 4.69) is 21.7 Å². The first-order valence-corrected chi connectivity index (χ1v) is 8.98. The standard InChI is InChI=1S/C19H33N3O3/c1-5-25-14-7-6-12-21-19(20-2)22-13-8-9-16-10-11-17(23-3)18(15-16)24-4/h10-11,15H,5-9,12-14H2,1-4H3,(H2,20,21,22). The molecule has 0 atom stereocenters. The first-order chi connectivity index (χ1) is 12.2. The summed E-state index contributed by atoms with van der Waals surface area (Å²) in [4.78, 5) is 4.24. The number of methoxy groups -OCH3 is 2. The second-order valence-electron chi connectivity index (χ2n) is 5.62. The number of hydrogen-bond acceptors (Lipinski definition) is 4. The van der Waals surface area contributed by atoms with Crippen molar-refractivity contribution in [2.45, 2.75) is 32.6 Å². The van der Waals surface area contributed by atoms with Crippen molar-refractivity contribution in [1.82, 2.24) is 10.6 Å². The molecule has 0 spiro atoms. The van der Waals surface area contributed by atoms with Gasteiger partial charge in [-0.25, -0.2) is 0 Å². The van der Waals surface area contributed by atoms with E-state index in [1.165, 1.54) is 5.56 Å². The van der Waals surface area contributed by atoms with Crippen LogP contribution in [0.1, 0.15) is 31.7 Å². The van der Waals surface area contributed by atoms with Crippen LogP contribution in [-0.2, 0) is 11.2 Å². The van der Waals surface area contributed by atoms with Crippen LogP contribution in [0.4, 0.5) is 0 Å². The molecule has 25 heavy (non-hydrogen) atoms. The topological polar surface area (TPSA) is 64.1 Å². The van der Waals surface area contributed by atoms with Crippen LogP contribution in [0.3, 0.4) is 0 Å². The maximum Gasteiger partial charge on any atom is 0.190 e. The Kier molecular flexibility index (Phi) is 11.3. The number of ether oxygens (including phenoxy) is 3. The fourth-order valence-electron chi connectivity index (χ4n) is 2.44. The molecular formula is C19H33N3O3. The normalized spacial score (nSPS) is 11.3. The van der Waals surface area contributed by atoms with E-state index in [0.29, 0.717) is 0 Å². The number of nitrogens with one attached hydrogen (secondary N) is 2. The van der Waals surface area contributed by atoms with Crippen molar-refractivity contribution in [2.24, 2.45) is 4.99 Å². The second-order valence-corrected chi connectivity index (χ2v) is 5.62. The number of nitrogens with zero attached hydrogens (tertiary/aromatic N) is 1. The van der Waals surface area contributed by atoms with Gasteiger partial charge in [0.2, 0.25) is 0 Å². The zero-order valence-electron chi connectivity index (χ0n) is 16.1. The molecule has 142 valence electrons. The predicted molar refractivity (Wildman–Crippen MR) is 103 cm³/mol. The lowest BCUT2D eigenvalue weighted by molar-refractivity contribution is 0.143. The average Bonchev–Trinajstić information content (AvgIpc) is 2.65. The first kappa shape index (κ1) is 21.1. The lowest BCUT2D eigenvalue weighted by atomic mass is 10.1. The van der Waals surface area contributed by atoms with Crippen molar-refractivity contribution in [3.05, 3.63) is 23.8 Å². The number of rotatable bonds is 12. The van der Waals surface area contributed by atoms with Crippen LogP contribution >= 0.6 is 0 Å². The van der Waals surface area contributed by atoms with Gasteiger partial charge in [0.25, 0.3) is 0 Å². The Labute approximate surface area is 152 Å².